The van der Waals surface area contributed by atoms with Crippen LogP contribution >= 0.6 is 11.8 Å². The first kappa shape index (κ1) is 14.7. The largest absolute Gasteiger partial charge is 0.496 e. The molecule has 1 N–H and O–H groups in total. The van der Waals surface area contributed by atoms with Gasteiger partial charge in [0.05, 0.1) is 13.2 Å². The maximum Gasteiger partial charge on any atom is 0.122 e. The Morgan fingerprint density at radius 2 is 2.11 bits per heavy atom. The highest BCUT2D eigenvalue weighted by Gasteiger charge is 2.19. The van der Waals surface area contributed by atoms with Gasteiger partial charge in [-0.2, -0.15) is 11.8 Å². The first-order valence-electron chi connectivity index (χ1n) is 7.08. The zero-order valence-electron chi connectivity index (χ0n) is 11.9. The summed E-state index contributed by atoms with van der Waals surface area (Å²) in [6.45, 7) is 2.08. The number of aliphatic hydroxyl groups is 1. The van der Waals surface area contributed by atoms with Gasteiger partial charge < -0.3 is 9.84 Å². The minimum atomic E-state index is -0.246. The van der Waals surface area contributed by atoms with Crippen LogP contribution in [0.1, 0.15) is 30.4 Å². The second kappa shape index (κ2) is 7.20. The molecule has 1 aliphatic rings. The van der Waals surface area contributed by atoms with Gasteiger partial charge in [-0.3, -0.25) is 0 Å². The molecular formula is C16H24O2S. The normalized spacial score (nSPS) is 18.3. The van der Waals surface area contributed by atoms with Gasteiger partial charge in [-0.05, 0) is 55.2 Å². The number of aliphatic hydroxyl groups excluding tert-OH is 1. The number of hydrogen-bond donors (Lipinski definition) is 1. The van der Waals surface area contributed by atoms with Crippen LogP contribution in [-0.4, -0.2) is 29.8 Å². The van der Waals surface area contributed by atoms with E-state index >= 15 is 0 Å². The fourth-order valence-electron chi connectivity index (χ4n) is 2.77. The van der Waals surface area contributed by atoms with Crippen molar-refractivity contribution in [1.29, 1.82) is 0 Å². The highest BCUT2D eigenvalue weighted by molar-refractivity contribution is 7.99. The molecule has 0 bridgehead atoms. The molecule has 1 unspecified atom stereocenters. The summed E-state index contributed by atoms with van der Waals surface area (Å²) in [5, 5.41) is 10.3. The van der Waals surface area contributed by atoms with E-state index in [9.17, 15) is 5.11 Å². The summed E-state index contributed by atoms with van der Waals surface area (Å²) in [5.41, 5.74) is 2.34. The average Bonchev–Trinajstić information content (AvgIpc) is 2.40. The van der Waals surface area contributed by atoms with Gasteiger partial charge in [0.25, 0.3) is 0 Å². The molecule has 1 aliphatic heterocycles. The van der Waals surface area contributed by atoms with Crippen molar-refractivity contribution in [2.75, 3.05) is 18.6 Å². The molecule has 0 radical (unpaired) electrons. The fraction of sp³-hybridized carbons (Fsp3) is 0.625. The van der Waals surface area contributed by atoms with Gasteiger partial charge in [-0.1, -0.05) is 17.7 Å². The summed E-state index contributed by atoms with van der Waals surface area (Å²) in [4.78, 5) is 0. The van der Waals surface area contributed by atoms with Crippen molar-refractivity contribution in [3.63, 3.8) is 0 Å². The number of ether oxygens (including phenoxy) is 1. The maximum absolute atomic E-state index is 10.3. The van der Waals surface area contributed by atoms with Gasteiger partial charge in [-0.15, -0.1) is 0 Å². The van der Waals surface area contributed by atoms with E-state index in [0.29, 0.717) is 12.3 Å². The number of rotatable bonds is 5. The van der Waals surface area contributed by atoms with Crippen LogP contribution in [0, 0.1) is 12.8 Å². The van der Waals surface area contributed by atoms with Crippen LogP contribution in [0.5, 0.6) is 5.75 Å². The van der Waals surface area contributed by atoms with Gasteiger partial charge in [0, 0.05) is 6.42 Å². The van der Waals surface area contributed by atoms with Crippen molar-refractivity contribution in [3.05, 3.63) is 29.3 Å². The monoisotopic (exact) mass is 280 g/mol. The fourth-order valence-corrected chi connectivity index (χ4v) is 3.98. The molecule has 0 saturated carbocycles. The summed E-state index contributed by atoms with van der Waals surface area (Å²) < 4.78 is 5.38. The second-order valence-corrected chi connectivity index (χ2v) is 6.69. The van der Waals surface area contributed by atoms with E-state index < -0.39 is 0 Å². The number of thioether (sulfide) groups is 1. The summed E-state index contributed by atoms with van der Waals surface area (Å²) in [6.07, 6.45) is 3.90. The first-order valence-corrected chi connectivity index (χ1v) is 8.24. The number of methoxy groups -OCH3 is 1. The van der Waals surface area contributed by atoms with Crippen LogP contribution in [-0.2, 0) is 6.42 Å². The van der Waals surface area contributed by atoms with Crippen molar-refractivity contribution < 1.29 is 9.84 Å². The summed E-state index contributed by atoms with van der Waals surface area (Å²) in [5.74, 6) is 4.10. The Morgan fingerprint density at radius 1 is 1.37 bits per heavy atom. The van der Waals surface area contributed by atoms with E-state index in [1.807, 2.05) is 23.9 Å². The molecule has 0 amide bonds. The molecule has 19 heavy (non-hydrogen) atoms. The molecular weight excluding hydrogens is 256 g/mol. The van der Waals surface area contributed by atoms with E-state index in [4.69, 9.17) is 4.74 Å². The lowest BCUT2D eigenvalue weighted by molar-refractivity contribution is 0.138. The minimum absolute atomic E-state index is 0.246. The van der Waals surface area contributed by atoms with Crippen LogP contribution < -0.4 is 4.74 Å². The maximum atomic E-state index is 10.3. The zero-order chi connectivity index (χ0) is 13.7. The van der Waals surface area contributed by atoms with E-state index in [0.717, 1.165) is 17.7 Å². The molecule has 1 fully saturated rings. The molecule has 2 rings (SSSR count). The van der Waals surface area contributed by atoms with Gasteiger partial charge in [-0.25, -0.2) is 0 Å². The molecule has 2 nitrogen and oxygen atoms in total. The summed E-state index contributed by atoms with van der Waals surface area (Å²) in [7, 11) is 1.69. The second-order valence-electron chi connectivity index (χ2n) is 5.46. The molecule has 1 aromatic carbocycles. The average molecular weight is 280 g/mol. The molecule has 106 valence electrons. The van der Waals surface area contributed by atoms with Crippen molar-refractivity contribution in [3.8, 4) is 5.75 Å². The summed E-state index contributed by atoms with van der Waals surface area (Å²) >= 11 is 2.04. The molecule has 1 atom stereocenters. The van der Waals surface area contributed by atoms with Crippen LogP contribution in [0.25, 0.3) is 0 Å². The Bertz CT molecular complexity index is 400. The molecule has 1 saturated heterocycles. The lowest BCUT2D eigenvalue weighted by atomic mass is 9.92. The molecule has 0 aliphatic carbocycles. The lowest BCUT2D eigenvalue weighted by Gasteiger charge is -2.24. The van der Waals surface area contributed by atoms with Crippen LogP contribution in [0.4, 0.5) is 0 Å². The number of aryl methyl sites for hydroxylation is 1. The Hall–Kier alpha value is -0.670. The Balaban J connectivity index is 1.93. The summed E-state index contributed by atoms with van der Waals surface area (Å²) in [6, 6.07) is 6.17. The highest BCUT2D eigenvalue weighted by Crippen LogP contribution is 2.28. The Labute approximate surface area is 120 Å². The Kier molecular flexibility index (Phi) is 5.59. The molecule has 1 aromatic rings. The topological polar surface area (TPSA) is 29.5 Å². The van der Waals surface area contributed by atoms with Crippen molar-refractivity contribution in [1.82, 2.24) is 0 Å². The smallest absolute Gasteiger partial charge is 0.122 e. The quantitative estimate of drug-likeness (QED) is 0.896. The molecule has 0 aromatic heterocycles. The highest BCUT2D eigenvalue weighted by atomic mass is 32.2. The minimum Gasteiger partial charge on any atom is -0.496 e. The zero-order valence-corrected chi connectivity index (χ0v) is 12.7. The molecule has 1 heterocycles. The third-order valence-corrected chi connectivity index (χ3v) is 4.89. The van der Waals surface area contributed by atoms with Gasteiger partial charge in [0.1, 0.15) is 5.75 Å². The van der Waals surface area contributed by atoms with Gasteiger partial charge >= 0.3 is 0 Å². The SMILES string of the molecule is COc1ccc(C)cc1CC(O)CC1CCSCC1. The van der Waals surface area contributed by atoms with Crippen LogP contribution in [0.15, 0.2) is 18.2 Å². The van der Waals surface area contributed by atoms with E-state index in [-0.39, 0.29) is 6.10 Å². The van der Waals surface area contributed by atoms with Crippen LogP contribution in [0.2, 0.25) is 0 Å². The van der Waals surface area contributed by atoms with Crippen molar-refractivity contribution in [2.45, 2.75) is 38.7 Å². The molecule has 0 spiro atoms. The van der Waals surface area contributed by atoms with E-state index in [2.05, 4.69) is 13.0 Å². The van der Waals surface area contributed by atoms with E-state index in [1.165, 1.54) is 29.9 Å². The van der Waals surface area contributed by atoms with Crippen molar-refractivity contribution >= 4 is 11.8 Å². The van der Waals surface area contributed by atoms with E-state index in [1.54, 1.807) is 7.11 Å². The van der Waals surface area contributed by atoms with Crippen LogP contribution in [0.3, 0.4) is 0 Å². The van der Waals surface area contributed by atoms with Gasteiger partial charge in [0.15, 0.2) is 0 Å². The standard InChI is InChI=1S/C16H24O2S/c1-12-3-4-16(18-2)14(9-12)11-15(17)10-13-5-7-19-8-6-13/h3-4,9,13,15,17H,5-8,10-11H2,1-2H3. The molecule has 3 heteroatoms. The van der Waals surface area contributed by atoms with Gasteiger partial charge in [0.2, 0.25) is 0 Å². The number of benzene rings is 1. The lowest BCUT2D eigenvalue weighted by Crippen LogP contribution is -2.19. The predicted octanol–water partition coefficient (Wildman–Crippen LogP) is 3.44. The van der Waals surface area contributed by atoms with Crippen molar-refractivity contribution in [2.24, 2.45) is 5.92 Å². The third kappa shape index (κ3) is 4.43. The number of hydrogen-bond acceptors (Lipinski definition) is 3. The first-order chi connectivity index (χ1) is 9.19. The third-order valence-electron chi connectivity index (χ3n) is 3.84. The Morgan fingerprint density at radius 3 is 2.79 bits per heavy atom. The predicted molar refractivity (Wildman–Crippen MR) is 82.1 cm³/mol.